The quantitative estimate of drug-likeness (QED) is 0.559. The lowest BCUT2D eigenvalue weighted by molar-refractivity contribution is 0.611. The molecule has 0 spiro atoms. The molecule has 0 bridgehead atoms. The number of anilines is 2. The van der Waals surface area contributed by atoms with Gasteiger partial charge in [0.25, 0.3) is 0 Å². The number of hydrogen-bond acceptors (Lipinski definition) is 7. The molecule has 0 amide bonds. The van der Waals surface area contributed by atoms with Crippen molar-refractivity contribution < 1.29 is 4.39 Å². The molecule has 3 heterocycles. The zero-order chi connectivity index (χ0) is 16.5. The van der Waals surface area contributed by atoms with Gasteiger partial charge in [0.15, 0.2) is 15.8 Å². The summed E-state index contributed by atoms with van der Waals surface area (Å²) < 4.78 is 17.1. The van der Waals surface area contributed by atoms with Gasteiger partial charge in [0, 0.05) is 0 Å². The van der Waals surface area contributed by atoms with E-state index < -0.39 is 0 Å². The lowest BCUT2D eigenvalue weighted by atomic mass is 10.3. The van der Waals surface area contributed by atoms with Crippen molar-refractivity contribution in [1.29, 1.82) is 0 Å². The minimum Gasteiger partial charge on any atom is -0.336 e. The zero-order valence-electron chi connectivity index (χ0n) is 12.5. The maximum Gasteiger partial charge on any atom is 0.176 e. The van der Waals surface area contributed by atoms with E-state index in [1.54, 1.807) is 42.4 Å². The van der Waals surface area contributed by atoms with Gasteiger partial charge in [0.2, 0.25) is 0 Å². The zero-order valence-corrected chi connectivity index (χ0v) is 14.1. The van der Waals surface area contributed by atoms with Crippen LogP contribution in [-0.2, 0) is 0 Å². The van der Waals surface area contributed by atoms with E-state index in [4.69, 9.17) is 0 Å². The van der Waals surface area contributed by atoms with E-state index in [-0.39, 0.29) is 5.82 Å². The van der Waals surface area contributed by atoms with Gasteiger partial charge in [0.1, 0.15) is 22.5 Å². The van der Waals surface area contributed by atoms with Crippen LogP contribution in [-0.4, -0.2) is 31.0 Å². The number of aromatic nitrogens is 5. The van der Waals surface area contributed by atoms with Crippen LogP contribution < -0.4 is 5.32 Å². The molecule has 1 aromatic carbocycles. The number of benzene rings is 1. The molecule has 6 nitrogen and oxygen atoms in total. The van der Waals surface area contributed by atoms with Crippen molar-refractivity contribution in [3.8, 4) is 5.69 Å². The summed E-state index contributed by atoms with van der Waals surface area (Å²) in [6.07, 6.45) is 6.77. The molecule has 0 fully saturated rings. The molecule has 0 aliphatic rings. The van der Waals surface area contributed by atoms with Crippen molar-refractivity contribution in [2.45, 2.75) is 4.34 Å². The van der Waals surface area contributed by atoms with Crippen molar-refractivity contribution in [2.24, 2.45) is 0 Å². The Balaban J connectivity index is 1.67. The number of nitrogens with zero attached hydrogens (tertiary/aromatic N) is 5. The molecule has 4 aromatic rings. The van der Waals surface area contributed by atoms with Crippen molar-refractivity contribution in [3.05, 3.63) is 48.8 Å². The summed E-state index contributed by atoms with van der Waals surface area (Å²) in [7, 11) is 0. The van der Waals surface area contributed by atoms with Crippen LogP contribution in [0.15, 0.2) is 47.3 Å². The van der Waals surface area contributed by atoms with Crippen LogP contribution in [0.4, 0.5) is 15.9 Å². The second kappa shape index (κ2) is 6.17. The number of nitrogens with one attached hydrogen (secondary N) is 1. The molecule has 0 radical (unpaired) electrons. The average molecular weight is 358 g/mol. The summed E-state index contributed by atoms with van der Waals surface area (Å²) in [6, 6.07) is 6.48. The molecule has 1 N–H and O–H groups in total. The Bertz CT molecular complexity index is 1010. The molecule has 3 aromatic heterocycles. The lowest BCUT2D eigenvalue weighted by Gasteiger charge is -2.03. The Morgan fingerprint density at radius 3 is 2.96 bits per heavy atom. The van der Waals surface area contributed by atoms with E-state index in [9.17, 15) is 4.39 Å². The molecular weight excluding hydrogens is 347 g/mol. The van der Waals surface area contributed by atoms with Crippen LogP contribution in [0.3, 0.4) is 0 Å². The van der Waals surface area contributed by atoms with Gasteiger partial charge in [-0.3, -0.25) is 0 Å². The fourth-order valence-electron chi connectivity index (χ4n) is 2.20. The molecular formula is C15H11FN6S2. The van der Waals surface area contributed by atoms with E-state index >= 15 is 0 Å². The number of para-hydroxylation sites is 1. The first-order valence-corrected chi connectivity index (χ1v) is 9.01. The highest BCUT2D eigenvalue weighted by Crippen LogP contribution is 2.32. The third-order valence-electron chi connectivity index (χ3n) is 3.29. The molecule has 0 aliphatic carbocycles. The van der Waals surface area contributed by atoms with Gasteiger partial charge in [-0.25, -0.2) is 24.0 Å². The second-order valence-electron chi connectivity index (χ2n) is 4.81. The highest BCUT2D eigenvalue weighted by atomic mass is 32.2. The Hall–Kier alpha value is -2.52. The first-order chi connectivity index (χ1) is 11.7. The van der Waals surface area contributed by atoms with E-state index in [1.165, 1.54) is 28.4 Å². The molecule has 24 heavy (non-hydrogen) atoms. The Labute approximate surface area is 144 Å². The molecule has 0 saturated heterocycles. The number of thioether (sulfide) groups is 1. The van der Waals surface area contributed by atoms with E-state index in [0.717, 1.165) is 9.04 Å². The summed E-state index contributed by atoms with van der Waals surface area (Å²) in [4.78, 5) is 12.9. The smallest absolute Gasteiger partial charge is 0.176 e. The molecule has 9 heteroatoms. The van der Waals surface area contributed by atoms with Crippen LogP contribution in [0.2, 0.25) is 0 Å². The van der Waals surface area contributed by atoms with Gasteiger partial charge in [0.05, 0.1) is 18.1 Å². The van der Waals surface area contributed by atoms with Gasteiger partial charge in [-0.15, -0.1) is 11.3 Å². The molecule has 0 atom stereocenters. The minimum absolute atomic E-state index is 0.330. The van der Waals surface area contributed by atoms with Crippen LogP contribution in [0, 0.1) is 5.82 Å². The van der Waals surface area contributed by atoms with E-state index in [0.29, 0.717) is 22.8 Å². The number of fused-ring (bicyclic) bond motifs is 1. The van der Waals surface area contributed by atoms with Crippen molar-refractivity contribution in [1.82, 2.24) is 24.7 Å². The van der Waals surface area contributed by atoms with Crippen molar-refractivity contribution >= 4 is 45.0 Å². The van der Waals surface area contributed by atoms with Crippen molar-refractivity contribution in [2.75, 3.05) is 11.6 Å². The summed E-state index contributed by atoms with van der Waals surface area (Å²) in [5.41, 5.74) is 1.75. The fraction of sp³-hybridized carbons (Fsp3) is 0.0667. The summed E-state index contributed by atoms with van der Waals surface area (Å²) in [5.74, 6) is 0.328. The standard InChI is InChI=1S/C15H11FN6S2/c1-23-15-21-14-12(24-15)13(17-8-18-14)20-9-6-19-22(7-9)11-5-3-2-4-10(11)16/h2-8H,1H3,(H,17,18,20). The van der Waals surface area contributed by atoms with Crippen LogP contribution in [0.25, 0.3) is 16.0 Å². The monoisotopic (exact) mass is 358 g/mol. The topological polar surface area (TPSA) is 68.5 Å². The lowest BCUT2D eigenvalue weighted by Crippen LogP contribution is -1.97. The number of rotatable bonds is 4. The normalized spacial score (nSPS) is 11.1. The first kappa shape index (κ1) is 15.0. The van der Waals surface area contributed by atoms with E-state index in [1.807, 2.05) is 6.26 Å². The SMILES string of the molecule is CSc1nc2ncnc(Nc3cnn(-c4ccccc4F)c3)c2s1. The number of halogens is 1. The Morgan fingerprint density at radius 2 is 2.12 bits per heavy atom. The second-order valence-corrected chi connectivity index (χ2v) is 6.86. The van der Waals surface area contributed by atoms with Gasteiger partial charge >= 0.3 is 0 Å². The summed E-state index contributed by atoms with van der Waals surface area (Å²) in [6.45, 7) is 0. The molecule has 0 unspecified atom stereocenters. The largest absolute Gasteiger partial charge is 0.336 e. The molecule has 4 rings (SSSR count). The number of hydrogen-bond donors (Lipinski definition) is 1. The van der Waals surface area contributed by atoms with Crippen LogP contribution in [0.1, 0.15) is 0 Å². The third kappa shape index (κ3) is 2.72. The van der Waals surface area contributed by atoms with Crippen molar-refractivity contribution in [3.63, 3.8) is 0 Å². The highest BCUT2D eigenvalue weighted by molar-refractivity contribution is 8.00. The minimum atomic E-state index is -0.330. The molecule has 0 aliphatic heterocycles. The Kier molecular flexibility index (Phi) is 3.87. The van der Waals surface area contributed by atoms with Gasteiger partial charge in [-0.2, -0.15) is 5.10 Å². The van der Waals surface area contributed by atoms with Crippen LogP contribution >= 0.6 is 23.1 Å². The molecule has 0 saturated carbocycles. The van der Waals surface area contributed by atoms with Crippen LogP contribution in [0.5, 0.6) is 0 Å². The number of thiazole rings is 1. The maximum atomic E-state index is 13.9. The van der Waals surface area contributed by atoms with Gasteiger partial charge < -0.3 is 5.32 Å². The average Bonchev–Trinajstić information content (AvgIpc) is 3.22. The summed E-state index contributed by atoms with van der Waals surface area (Å²) in [5, 5.41) is 7.40. The Morgan fingerprint density at radius 1 is 1.25 bits per heavy atom. The van der Waals surface area contributed by atoms with Gasteiger partial charge in [-0.05, 0) is 18.4 Å². The fourth-order valence-corrected chi connectivity index (χ4v) is 3.66. The first-order valence-electron chi connectivity index (χ1n) is 6.97. The highest BCUT2D eigenvalue weighted by Gasteiger charge is 2.12. The summed E-state index contributed by atoms with van der Waals surface area (Å²) >= 11 is 3.09. The van der Waals surface area contributed by atoms with E-state index in [2.05, 4.69) is 25.4 Å². The maximum absolute atomic E-state index is 13.9. The third-order valence-corrected chi connectivity index (χ3v) is 5.33. The predicted molar refractivity (Wildman–Crippen MR) is 93.8 cm³/mol. The predicted octanol–water partition coefficient (Wildman–Crippen LogP) is 3.88. The molecule has 120 valence electrons. The van der Waals surface area contributed by atoms with Gasteiger partial charge in [-0.1, -0.05) is 23.9 Å².